The summed E-state index contributed by atoms with van der Waals surface area (Å²) in [7, 11) is -1.60. The fourth-order valence-electron chi connectivity index (χ4n) is 1.76. The number of rotatable bonds is 8. The van der Waals surface area contributed by atoms with Crippen LogP contribution in [0.25, 0.3) is 0 Å². The van der Waals surface area contributed by atoms with E-state index in [1.807, 2.05) is 6.92 Å². The van der Waals surface area contributed by atoms with Crippen LogP contribution in [0.4, 0.5) is 0 Å². The van der Waals surface area contributed by atoms with Gasteiger partial charge in [-0.3, -0.25) is 0 Å². The number of imidazole rings is 1. The molecule has 0 aliphatic carbocycles. The van der Waals surface area contributed by atoms with Gasteiger partial charge in [-0.1, -0.05) is 13.8 Å². The maximum absolute atomic E-state index is 11.4. The van der Waals surface area contributed by atoms with E-state index < -0.39 is 18.9 Å². The van der Waals surface area contributed by atoms with Crippen molar-refractivity contribution in [1.29, 1.82) is 0 Å². The third-order valence-corrected chi connectivity index (χ3v) is 5.82. The lowest BCUT2D eigenvalue weighted by Crippen LogP contribution is -2.12. The number of hydrogen-bond donors (Lipinski definition) is 0. The van der Waals surface area contributed by atoms with Crippen LogP contribution in [0.3, 0.4) is 0 Å². The Balaban J connectivity index is 2.86. The molecule has 6 nitrogen and oxygen atoms in total. The minimum Gasteiger partial charge on any atom is -0.333 e. The third kappa shape index (κ3) is 5.06. The number of hydrogen-bond acceptors (Lipinski definition) is 5. The lowest BCUT2D eigenvalue weighted by molar-refractivity contribution is 0.582. The predicted molar refractivity (Wildman–Crippen MR) is 78.2 cm³/mol. The fourth-order valence-corrected chi connectivity index (χ4v) is 3.31. The van der Waals surface area contributed by atoms with Crippen LogP contribution in [0.2, 0.25) is 0 Å². The Morgan fingerprint density at radius 3 is 2.40 bits per heavy atom. The molecule has 0 radical (unpaired) electrons. The molecule has 0 fully saturated rings. The van der Waals surface area contributed by atoms with Crippen LogP contribution in [0, 0.1) is 0 Å². The second-order valence-corrected chi connectivity index (χ2v) is 9.45. The highest BCUT2D eigenvalue weighted by Crippen LogP contribution is 2.16. The molecule has 0 aliphatic heterocycles. The monoisotopic (exact) mass is 342 g/mol. The molecular formula is C11H19ClN2O4S2. The molecule has 0 amide bonds. The van der Waals surface area contributed by atoms with Crippen LogP contribution < -0.4 is 0 Å². The Hall–Kier alpha value is -0.600. The Morgan fingerprint density at radius 1 is 1.25 bits per heavy atom. The number of halogens is 1. The SMILES string of the molecule is CCCc1nc(S(=O)(=O)Cl)cn1CCCS(=O)(=O)CC. The molecule has 0 spiro atoms. The Bertz CT molecular complexity index is 650. The normalized spacial score (nSPS) is 12.8. The van der Waals surface area contributed by atoms with E-state index in [0.717, 1.165) is 6.42 Å². The van der Waals surface area contributed by atoms with E-state index in [9.17, 15) is 16.8 Å². The zero-order valence-corrected chi connectivity index (χ0v) is 13.9. The topological polar surface area (TPSA) is 86.1 Å². The molecule has 1 heterocycles. The van der Waals surface area contributed by atoms with E-state index in [1.54, 1.807) is 11.5 Å². The summed E-state index contributed by atoms with van der Waals surface area (Å²) in [5.41, 5.74) is 0. The summed E-state index contributed by atoms with van der Waals surface area (Å²) in [4.78, 5) is 4.00. The van der Waals surface area contributed by atoms with Gasteiger partial charge in [-0.2, -0.15) is 0 Å². The summed E-state index contributed by atoms with van der Waals surface area (Å²) in [6.45, 7) is 3.97. The largest absolute Gasteiger partial charge is 0.333 e. The highest BCUT2D eigenvalue weighted by atomic mass is 35.7. The summed E-state index contributed by atoms with van der Waals surface area (Å²) in [6.07, 6.45) is 3.22. The van der Waals surface area contributed by atoms with Gasteiger partial charge in [0.05, 0.1) is 5.75 Å². The van der Waals surface area contributed by atoms with Crippen molar-refractivity contribution in [3.8, 4) is 0 Å². The van der Waals surface area contributed by atoms with E-state index in [1.165, 1.54) is 6.20 Å². The van der Waals surface area contributed by atoms with Gasteiger partial charge in [-0.25, -0.2) is 21.8 Å². The van der Waals surface area contributed by atoms with Gasteiger partial charge >= 0.3 is 0 Å². The van der Waals surface area contributed by atoms with Gasteiger partial charge in [0.25, 0.3) is 9.05 Å². The van der Waals surface area contributed by atoms with Crippen molar-refractivity contribution >= 4 is 29.6 Å². The molecule has 0 N–H and O–H groups in total. The van der Waals surface area contributed by atoms with Crippen LogP contribution in [0.1, 0.15) is 32.5 Å². The molecule has 0 saturated carbocycles. The predicted octanol–water partition coefficient (Wildman–Crippen LogP) is 1.59. The molecule has 0 saturated heterocycles. The fraction of sp³-hybridized carbons (Fsp3) is 0.727. The summed E-state index contributed by atoms with van der Waals surface area (Å²) in [6, 6.07) is 0. The van der Waals surface area contributed by atoms with Crippen molar-refractivity contribution in [2.45, 2.75) is 44.7 Å². The molecule has 1 aromatic rings. The average molecular weight is 343 g/mol. The minimum atomic E-state index is -3.86. The summed E-state index contributed by atoms with van der Waals surface area (Å²) in [5.74, 6) is 0.802. The first kappa shape index (κ1) is 17.5. The number of aryl methyl sites for hydroxylation is 2. The average Bonchev–Trinajstić information content (AvgIpc) is 2.73. The number of sulfone groups is 1. The summed E-state index contributed by atoms with van der Waals surface area (Å²) >= 11 is 0. The smallest absolute Gasteiger partial charge is 0.280 e. The third-order valence-electron chi connectivity index (χ3n) is 2.85. The van der Waals surface area contributed by atoms with Gasteiger partial charge in [0, 0.05) is 35.6 Å². The first-order chi connectivity index (χ1) is 9.19. The summed E-state index contributed by atoms with van der Waals surface area (Å²) < 4.78 is 47.1. The van der Waals surface area contributed by atoms with Gasteiger partial charge in [-0.05, 0) is 12.8 Å². The second kappa shape index (κ2) is 6.91. The first-order valence-corrected chi connectivity index (χ1v) is 10.5. The molecule has 0 bridgehead atoms. The van der Waals surface area contributed by atoms with Crippen molar-refractivity contribution in [2.75, 3.05) is 11.5 Å². The van der Waals surface area contributed by atoms with Crippen LogP contribution in [0.15, 0.2) is 11.2 Å². The molecule has 0 atom stereocenters. The highest BCUT2D eigenvalue weighted by Gasteiger charge is 2.17. The maximum Gasteiger partial charge on any atom is 0.280 e. The van der Waals surface area contributed by atoms with Gasteiger partial charge in [-0.15, -0.1) is 0 Å². The van der Waals surface area contributed by atoms with Gasteiger partial charge in [0.2, 0.25) is 0 Å². The van der Waals surface area contributed by atoms with Crippen molar-refractivity contribution in [1.82, 2.24) is 9.55 Å². The molecule has 0 unspecified atom stereocenters. The van der Waals surface area contributed by atoms with Gasteiger partial charge in [0.1, 0.15) is 15.7 Å². The summed E-state index contributed by atoms with van der Waals surface area (Å²) in [5, 5.41) is -0.180. The van der Waals surface area contributed by atoms with E-state index in [4.69, 9.17) is 10.7 Å². The molecular weight excluding hydrogens is 324 g/mol. The molecule has 0 aromatic carbocycles. The quantitative estimate of drug-likeness (QED) is 0.669. The van der Waals surface area contributed by atoms with Crippen LogP contribution >= 0.6 is 10.7 Å². The molecule has 1 aromatic heterocycles. The lowest BCUT2D eigenvalue weighted by Gasteiger charge is -2.06. The molecule has 1 rings (SSSR count). The Labute approximate surface area is 124 Å². The Morgan fingerprint density at radius 2 is 1.90 bits per heavy atom. The first-order valence-electron chi connectivity index (χ1n) is 6.40. The molecule has 9 heteroatoms. The van der Waals surface area contributed by atoms with Crippen LogP contribution in [-0.2, 0) is 31.9 Å². The lowest BCUT2D eigenvalue weighted by atomic mass is 10.3. The van der Waals surface area contributed by atoms with Gasteiger partial charge < -0.3 is 4.57 Å². The molecule has 116 valence electrons. The van der Waals surface area contributed by atoms with Crippen molar-refractivity contribution in [3.05, 3.63) is 12.0 Å². The zero-order valence-electron chi connectivity index (χ0n) is 11.5. The maximum atomic E-state index is 11.4. The standard InChI is InChI=1S/C11H19ClN2O4S2/c1-3-6-10-13-11(20(12,17)18)9-14(10)7-5-8-19(15,16)4-2/h9H,3-8H2,1-2H3. The molecule has 0 aliphatic rings. The van der Waals surface area contributed by atoms with E-state index in [-0.39, 0.29) is 16.5 Å². The Kier molecular flexibility index (Phi) is 6.03. The highest BCUT2D eigenvalue weighted by molar-refractivity contribution is 8.13. The van der Waals surface area contributed by atoms with E-state index >= 15 is 0 Å². The van der Waals surface area contributed by atoms with Crippen LogP contribution in [-0.4, -0.2) is 37.9 Å². The number of aromatic nitrogens is 2. The van der Waals surface area contributed by atoms with Crippen LogP contribution in [0.5, 0.6) is 0 Å². The van der Waals surface area contributed by atoms with Gasteiger partial charge in [0.15, 0.2) is 5.03 Å². The zero-order chi connectivity index (χ0) is 15.4. The van der Waals surface area contributed by atoms with Crippen molar-refractivity contribution in [2.24, 2.45) is 0 Å². The minimum absolute atomic E-state index is 0.0796. The second-order valence-electron chi connectivity index (χ2n) is 4.47. The molecule has 20 heavy (non-hydrogen) atoms. The van der Waals surface area contributed by atoms with Crippen molar-refractivity contribution < 1.29 is 16.8 Å². The van der Waals surface area contributed by atoms with E-state index in [0.29, 0.717) is 25.2 Å². The van der Waals surface area contributed by atoms with E-state index in [2.05, 4.69) is 4.98 Å². The number of nitrogens with zero attached hydrogens (tertiary/aromatic N) is 2. The van der Waals surface area contributed by atoms with Crippen molar-refractivity contribution in [3.63, 3.8) is 0 Å².